The van der Waals surface area contributed by atoms with Gasteiger partial charge in [-0.05, 0) is 35.4 Å². The zero-order valence-electron chi connectivity index (χ0n) is 12.9. The van der Waals surface area contributed by atoms with Gasteiger partial charge in [0.15, 0.2) is 0 Å². The molecule has 0 bridgehead atoms. The molecule has 0 fully saturated rings. The summed E-state index contributed by atoms with van der Waals surface area (Å²) in [5.74, 6) is -0.451. The number of pyridine rings is 1. The lowest BCUT2D eigenvalue weighted by Gasteiger charge is -2.12. The van der Waals surface area contributed by atoms with Crippen molar-refractivity contribution in [2.45, 2.75) is 0 Å². The molecule has 2 N–H and O–H groups in total. The van der Waals surface area contributed by atoms with Crippen LogP contribution in [-0.2, 0) is 0 Å². The Balaban J connectivity index is 2.27. The normalized spacial score (nSPS) is 10.4. The van der Waals surface area contributed by atoms with Gasteiger partial charge >= 0.3 is 5.97 Å². The highest BCUT2D eigenvalue weighted by Gasteiger charge is 2.19. The minimum atomic E-state index is -1.10. The van der Waals surface area contributed by atoms with E-state index < -0.39 is 5.97 Å². The van der Waals surface area contributed by atoms with Crippen molar-refractivity contribution >= 4 is 5.97 Å². The number of ether oxygens (including phenoxy) is 1. The molecule has 3 aromatic rings. The van der Waals surface area contributed by atoms with E-state index in [1.807, 2.05) is 6.07 Å². The number of nitrogens with one attached hydrogen (secondary N) is 1. The monoisotopic (exact) mass is 321 g/mol. The van der Waals surface area contributed by atoms with Gasteiger partial charge in [0.25, 0.3) is 0 Å². The zero-order valence-corrected chi connectivity index (χ0v) is 12.9. The summed E-state index contributed by atoms with van der Waals surface area (Å²) in [7, 11) is 1.55. The number of carbonyl (C=O) groups is 1. The number of hydrogen-bond donors (Lipinski definition) is 2. The number of benzene rings is 2. The van der Waals surface area contributed by atoms with Crippen molar-refractivity contribution < 1.29 is 14.6 Å². The van der Waals surface area contributed by atoms with Crippen molar-refractivity contribution in [2.24, 2.45) is 0 Å². The van der Waals surface area contributed by atoms with E-state index in [0.717, 1.165) is 0 Å². The van der Waals surface area contributed by atoms with E-state index in [0.29, 0.717) is 22.4 Å². The Hall–Kier alpha value is -3.34. The predicted octanol–water partition coefficient (Wildman–Crippen LogP) is 3.42. The molecule has 0 spiro atoms. The van der Waals surface area contributed by atoms with Crippen LogP contribution in [0.25, 0.3) is 22.4 Å². The number of aromatic amines is 1. The molecule has 24 heavy (non-hydrogen) atoms. The van der Waals surface area contributed by atoms with Crippen LogP contribution in [0.5, 0.6) is 5.75 Å². The summed E-state index contributed by atoms with van der Waals surface area (Å²) < 4.78 is 5.11. The SMILES string of the molecule is COc1ccc(-c2[nH]c(=O)cc(-c3ccccc3)c2C(=O)O)cc1. The molecule has 1 heterocycles. The number of H-pyrrole nitrogens is 1. The molecule has 0 amide bonds. The fraction of sp³-hybridized carbons (Fsp3) is 0.0526. The number of rotatable bonds is 4. The summed E-state index contributed by atoms with van der Waals surface area (Å²) in [5.41, 5.74) is 1.64. The van der Waals surface area contributed by atoms with Gasteiger partial charge in [0.1, 0.15) is 5.75 Å². The molecule has 0 aliphatic rings. The van der Waals surface area contributed by atoms with Crippen LogP contribution in [-0.4, -0.2) is 23.2 Å². The van der Waals surface area contributed by atoms with Crippen LogP contribution in [0.1, 0.15) is 10.4 Å². The highest BCUT2D eigenvalue weighted by molar-refractivity contribution is 6.01. The fourth-order valence-electron chi connectivity index (χ4n) is 2.60. The van der Waals surface area contributed by atoms with Crippen molar-refractivity contribution in [3.05, 3.63) is 76.6 Å². The molecule has 3 rings (SSSR count). The summed E-state index contributed by atoms with van der Waals surface area (Å²) in [4.78, 5) is 26.6. The maximum absolute atomic E-state index is 12.1. The quantitative estimate of drug-likeness (QED) is 0.772. The third-order valence-electron chi connectivity index (χ3n) is 3.72. The number of aromatic nitrogens is 1. The summed E-state index contributed by atoms with van der Waals surface area (Å²) >= 11 is 0. The van der Waals surface area contributed by atoms with Crippen molar-refractivity contribution in [1.29, 1.82) is 0 Å². The molecule has 120 valence electrons. The maximum atomic E-state index is 12.1. The van der Waals surface area contributed by atoms with E-state index in [-0.39, 0.29) is 16.8 Å². The molecular weight excluding hydrogens is 306 g/mol. The molecule has 5 nitrogen and oxygen atoms in total. The first kappa shape index (κ1) is 15.6. The second-order valence-electron chi connectivity index (χ2n) is 5.20. The van der Waals surface area contributed by atoms with Crippen LogP contribution in [0, 0.1) is 0 Å². The lowest BCUT2D eigenvalue weighted by Crippen LogP contribution is -2.13. The molecule has 0 atom stereocenters. The number of hydrogen-bond acceptors (Lipinski definition) is 3. The molecule has 1 aromatic heterocycles. The van der Waals surface area contributed by atoms with Gasteiger partial charge in [0.2, 0.25) is 5.56 Å². The highest BCUT2D eigenvalue weighted by Crippen LogP contribution is 2.30. The Bertz CT molecular complexity index is 928. The molecule has 0 saturated heterocycles. The number of carboxylic acids is 1. The van der Waals surface area contributed by atoms with Crippen LogP contribution in [0.4, 0.5) is 0 Å². The standard InChI is InChI=1S/C19H15NO4/c1-24-14-9-7-13(8-10-14)18-17(19(22)23)15(11-16(21)20-18)12-5-3-2-4-6-12/h2-11H,1H3,(H,20,21)(H,22,23). The van der Waals surface area contributed by atoms with Crippen LogP contribution < -0.4 is 10.3 Å². The molecular formula is C19H15NO4. The van der Waals surface area contributed by atoms with E-state index >= 15 is 0 Å². The van der Waals surface area contributed by atoms with Gasteiger partial charge in [-0.3, -0.25) is 4.79 Å². The van der Waals surface area contributed by atoms with E-state index in [9.17, 15) is 14.7 Å². The zero-order chi connectivity index (χ0) is 17.1. The van der Waals surface area contributed by atoms with Gasteiger partial charge < -0.3 is 14.8 Å². The molecule has 0 aliphatic carbocycles. The number of carboxylic acid groups (broad SMARTS) is 1. The van der Waals surface area contributed by atoms with Crippen LogP contribution in [0.2, 0.25) is 0 Å². The lowest BCUT2D eigenvalue weighted by atomic mass is 9.96. The molecule has 0 aliphatic heterocycles. The maximum Gasteiger partial charge on any atom is 0.338 e. The summed E-state index contributed by atoms with van der Waals surface area (Å²) in [5, 5.41) is 9.71. The first-order valence-corrected chi connectivity index (χ1v) is 7.30. The minimum Gasteiger partial charge on any atom is -0.497 e. The Morgan fingerprint density at radius 1 is 1.00 bits per heavy atom. The first-order chi connectivity index (χ1) is 11.6. The van der Waals surface area contributed by atoms with E-state index in [1.165, 1.54) is 6.07 Å². The van der Waals surface area contributed by atoms with E-state index in [1.54, 1.807) is 55.6 Å². The number of methoxy groups -OCH3 is 1. The van der Waals surface area contributed by atoms with E-state index in [4.69, 9.17) is 4.74 Å². The molecule has 0 radical (unpaired) electrons. The number of aromatic carboxylic acids is 1. The van der Waals surface area contributed by atoms with Gasteiger partial charge in [0, 0.05) is 11.6 Å². The van der Waals surface area contributed by atoms with E-state index in [2.05, 4.69) is 4.98 Å². The van der Waals surface area contributed by atoms with Crippen LogP contribution in [0.3, 0.4) is 0 Å². The molecule has 5 heteroatoms. The van der Waals surface area contributed by atoms with Gasteiger partial charge in [-0.15, -0.1) is 0 Å². The van der Waals surface area contributed by atoms with Gasteiger partial charge in [0.05, 0.1) is 18.4 Å². The lowest BCUT2D eigenvalue weighted by molar-refractivity contribution is 0.0698. The average molecular weight is 321 g/mol. The predicted molar refractivity (Wildman–Crippen MR) is 91.4 cm³/mol. The van der Waals surface area contributed by atoms with Crippen molar-refractivity contribution in [2.75, 3.05) is 7.11 Å². The van der Waals surface area contributed by atoms with Crippen LogP contribution in [0.15, 0.2) is 65.5 Å². The Morgan fingerprint density at radius 3 is 2.25 bits per heavy atom. The second-order valence-corrected chi connectivity index (χ2v) is 5.20. The Kier molecular flexibility index (Phi) is 4.16. The van der Waals surface area contributed by atoms with Crippen molar-refractivity contribution in [3.63, 3.8) is 0 Å². The topological polar surface area (TPSA) is 79.4 Å². The largest absolute Gasteiger partial charge is 0.497 e. The summed E-state index contributed by atoms with van der Waals surface area (Å²) in [6.45, 7) is 0. The van der Waals surface area contributed by atoms with Crippen LogP contribution >= 0.6 is 0 Å². The van der Waals surface area contributed by atoms with Gasteiger partial charge in [-0.2, -0.15) is 0 Å². The van der Waals surface area contributed by atoms with Gasteiger partial charge in [-0.1, -0.05) is 30.3 Å². The van der Waals surface area contributed by atoms with Gasteiger partial charge in [-0.25, -0.2) is 4.79 Å². The summed E-state index contributed by atoms with van der Waals surface area (Å²) in [6.07, 6.45) is 0. The molecule has 2 aromatic carbocycles. The van der Waals surface area contributed by atoms with Crippen molar-refractivity contribution in [1.82, 2.24) is 4.98 Å². The Morgan fingerprint density at radius 2 is 1.67 bits per heavy atom. The minimum absolute atomic E-state index is 0.0611. The highest BCUT2D eigenvalue weighted by atomic mass is 16.5. The van der Waals surface area contributed by atoms with Crippen molar-refractivity contribution in [3.8, 4) is 28.1 Å². The summed E-state index contributed by atoms with van der Waals surface area (Å²) in [6, 6.07) is 17.2. The Labute approximate surface area is 138 Å². The molecule has 0 unspecified atom stereocenters. The average Bonchev–Trinajstić information content (AvgIpc) is 2.61. The first-order valence-electron chi connectivity index (χ1n) is 7.30. The smallest absolute Gasteiger partial charge is 0.338 e. The second kappa shape index (κ2) is 6.42. The molecule has 0 saturated carbocycles. The fourth-order valence-corrected chi connectivity index (χ4v) is 2.60. The third-order valence-corrected chi connectivity index (χ3v) is 3.72. The third kappa shape index (κ3) is 2.92.